The monoisotopic (exact) mass is 403 g/mol. The first-order valence-electron chi connectivity index (χ1n) is 9.06. The average molecular weight is 403 g/mol. The Bertz CT molecular complexity index is 924. The number of allylic oxidation sites excluding steroid dienone is 1. The summed E-state index contributed by atoms with van der Waals surface area (Å²) in [6.07, 6.45) is 1.24. The number of rotatable bonds is 6. The molecule has 29 heavy (non-hydrogen) atoms. The summed E-state index contributed by atoms with van der Waals surface area (Å²) in [6, 6.07) is 6.82. The van der Waals surface area contributed by atoms with Gasteiger partial charge >= 0.3 is 13.1 Å². The van der Waals surface area contributed by atoms with Crippen LogP contribution in [0.3, 0.4) is 0 Å². The van der Waals surface area contributed by atoms with Crippen molar-refractivity contribution in [1.82, 2.24) is 15.0 Å². The van der Waals surface area contributed by atoms with Crippen molar-refractivity contribution < 1.29 is 28.3 Å². The summed E-state index contributed by atoms with van der Waals surface area (Å²) < 4.78 is 33.7. The average Bonchev–Trinajstić information content (AvgIpc) is 3.21. The third-order valence-electron chi connectivity index (χ3n) is 5.26. The molecule has 0 unspecified atom stereocenters. The number of carboxylic acid groups (broad SMARTS) is 1. The fourth-order valence-corrected chi connectivity index (χ4v) is 2.82. The maximum atomic E-state index is 15.6. The van der Waals surface area contributed by atoms with Gasteiger partial charge in [0.15, 0.2) is 5.69 Å². The number of halogens is 1. The van der Waals surface area contributed by atoms with E-state index in [0.717, 1.165) is 0 Å². The fourth-order valence-electron chi connectivity index (χ4n) is 2.82. The number of ether oxygens (including phenoxy) is 1. The number of carbonyl (C=O) groups is 1. The molecule has 1 aliphatic rings. The molecule has 0 radical (unpaired) electrons. The third-order valence-corrected chi connectivity index (χ3v) is 5.26. The molecular formula is C19H23BFN3O5. The highest BCUT2D eigenvalue weighted by atomic mass is 19.1. The van der Waals surface area contributed by atoms with Gasteiger partial charge in [-0.2, -0.15) is 0 Å². The van der Waals surface area contributed by atoms with Crippen molar-refractivity contribution in [1.29, 1.82) is 0 Å². The molecule has 2 heterocycles. The number of hydrogen-bond donors (Lipinski definition) is 1. The number of carboxylic acids is 1. The second-order valence-electron chi connectivity index (χ2n) is 7.75. The third kappa shape index (κ3) is 4.18. The zero-order chi connectivity index (χ0) is 21.4. The summed E-state index contributed by atoms with van der Waals surface area (Å²) >= 11 is 0. The van der Waals surface area contributed by atoms with Gasteiger partial charge in [-0.1, -0.05) is 17.3 Å². The molecular weight excluding hydrogens is 380 g/mol. The summed E-state index contributed by atoms with van der Waals surface area (Å²) in [4.78, 5) is 11.1. The Morgan fingerprint density at radius 1 is 1.21 bits per heavy atom. The molecule has 1 aromatic heterocycles. The van der Waals surface area contributed by atoms with Gasteiger partial charge in [-0.05, 0) is 45.4 Å². The minimum atomic E-state index is -1.21. The Balaban J connectivity index is 2.01. The number of benzene rings is 1. The Morgan fingerprint density at radius 3 is 2.28 bits per heavy atom. The first-order chi connectivity index (χ1) is 13.5. The standard InChI is InChI=1S/C19H23BFN3O5/c1-18(2)19(3,4)29-20(28-18)16(21)14(12-6-8-13(27-5)9-7-12)10-24-11-15(17(25)26)22-23-24/h6-9,11H,10H2,1-5H3,(H,25,26). The van der Waals surface area contributed by atoms with E-state index in [1.807, 2.05) is 27.7 Å². The SMILES string of the molecule is COc1ccc(C(Cn2cc(C(=O)O)nn2)=C(F)B2OC(C)(C)C(C)(C)O2)cc1. The molecule has 0 spiro atoms. The smallest absolute Gasteiger partial charge is 0.497 e. The van der Waals surface area contributed by atoms with E-state index in [1.54, 1.807) is 31.4 Å². The summed E-state index contributed by atoms with van der Waals surface area (Å²) in [7, 11) is 0.346. The highest BCUT2D eigenvalue weighted by molar-refractivity contribution is 6.55. The summed E-state index contributed by atoms with van der Waals surface area (Å²) in [6.45, 7) is 7.30. The Labute approximate surface area is 168 Å². The topological polar surface area (TPSA) is 95.7 Å². The lowest BCUT2D eigenvalue weighted by Gasteiger charge is -2.32. The van der Waals surface area contributed by atoms with Crippen LogP contribution in [-0.2, 0) is 15.9 Å². The molecule has 0 bridgehead atoms. The summed E-state index contributed by atoms with van der Waals surface area (Å²) in [5.41, 5.74) is -1.44. The number of hydrogen-bond acceptors (Lipinski definition) is 6. The molecule has 0 saturated carbocycles. The van der Waals surface area contributed by atoms with Gasteiger partial charge in [0.2, 0.25) is 0 Å². The number of nitrogens with zero attached hydrogens (tertiary/aromatic N) is 3. The van der Waals surface area contributed by atoms with Gasteiger partial charge in [-0.25, -0.2) is 13.9 Å². The molecule has 10 heteroatoms. The van der Waals surface area contributed by atoms with E-state index in [2.05, 4.69) is 10.3 Å². The van der Waals surface area contributed by atoms with E-state index in [4.69, 9.17) is 19.2 Å². The fraction of sp³-hybridized carbons (Fsp3) is 0.421. The van der Waals surface area contributed by atoms with Gasteiger partial charge in [0.1, 0.15) is 11.5 Å². The van der Waals surface area contributed by atoms with Crippen molar-refractivity contribution in [2.75, 3.05) is 7.11 Å². The molecule has 1 aliphatic heterocycles. The van der Waals surface area contributed by atoms with Crippen LogP contribution in [0.5, 0.6) is 5.75 Å². The predicted octanol–water partition coefficient (Wildman–Crippen LogP) is 3.00. The second kappa shape index (κ2) is 7.60. The normalized spacial score (nSPS) is 18.5. The van der Waals surface area contributed by atoms with E-state index in [-0.39, 0.29) is 17.8 Å². The van der Waals surface area contributed by atoms with Gasteiger partial charge in [0.05, 0.1) is 31.1 Å². The molecule has 2 aromatic rings. The maximum Gasteiger partial charge on any atom is 0.525 e. The first kappa shape index (κ1) is 21.0. The molecule has 1 saturated heterocycles. The van der Waals surface area contributed by atoms with E-state index >= 15 is 4.39 Å². The van der Waals surface area contributed by atoms with Crippen LogP contribution < -0.4 is 4.74 Å². The number of aromatic carboxylic acids is 1. The molecule has 1 N–H and O–H groups in total. The van der Waals surface area contributed by atoms with E-state index in [9.17, 15) is 4.79 Å². The van der Waals surface area contributed by atoms with Crippen LogP contribution in [0.1, 0.15) is 43.7 Å². The summed E-state index contributed by atoms with van der Waals surface area (Å²) in [5.74, 6) is -0.587. The van der Waals surface area contributed by atoms with Gasteiger partial charge < -0.3 is 19.2 Å². The minimum Gasteiger partial charge on any atom is -0.497 e. The minimum absolute atomic E-state index is 0.0531. The molecule has 8 nitrogen and oxygen atoms in total. The van der Waals surface area contributed by atoms with E-state index in [0.29, 0.717) is 11.3 Å². The van der Waals surface area contributed by atoms with Crippen molar-refractivity contribution in [2.45, 2.75) is 45.4 Å². The highest BCUT2D eigenvalue weighted by Gasteiger charge is 2.53. The van der Waals surface area contributed by atoms with Crippen LogP contribution in [-0.4, -0.2) is 51.5 Å². The van der Waals surface area contributed by atoms with Crippen molar-refractivity contribution in [3.8, 4) is 5.75 Å². The van der Waals surface area contributed by atoms with Gasteiger partial charge in [-0.15, -0.1) is 5.10 Å². The molecule has 0 aliphatic carbocycles. The van der Waals surface area contributed by atoms with E-state index < -0.39 is 30.0 Å². The Hall–Kier alpha value is -2.72. The van der Waals surface area contributed by atoms with Crippen molar-refractivity contribution >= 4 is 18.7 Å². The lowest BCUT2D eigenvalue weighted by molar-refractivity contribution is 0.00578. The molecule has 1 aromatic carbocycles. The van der Waals surface area contributed by atoms with Gasteiger partial charge in [-0.3, -0.25) is 0 Å². The van der Waals surface area contributed by atoms with E-state index in [1.165, 1.54) is 10.9 Å². The lowest BCUT2D eigenvalue weighted by atomic mass is 9.82. The zero-order valence-corrected chi connectivity index (χ0v) is 17.0. The van der Waals surface area contributed by atoms with Gasteiger partial charge in [0.25, 0.3) is 0 Å². The highest BCUT2D eigenvalue weighted by Crippen LogP contribution is 2.40. The second-order valence-corrected chi connectivity index (χ2v) is 7.75. The van der Waals surface area contributed by atoms with Crippen LogP contribution in [0, 0.1) is 0 Å². The molecule has 154 valence electrons. The maximum absolute atomic E-state index is 15.6. The van der Waals surface area contributed by atoms with Crippen LogP contribution in [0.2, 0.25) is 0 Å². The molecule has 3 rings (SSSR count). The number of aromatic nitrogens is 3. The van der Waals surface area contributed by atoms with Crippen LogP contribution >= 0.6 is 0 Å². The quantitative estimate of drug-likeness (QED) is 0.741. The Kier molecular flexibility index (Phi) is 5.51. The van der Waals surface area contributed by atoms with Crippen LogP contribution in [0.4, 0.5) is 4.39 Å². The molecule has 0 atom stereocenters. The molecule has 0 amide bonds. The van der Waals surface area contributed by atoms with Crippen molar-refractivity contribution in [2.24, 2.45) is 0 Å². The van der Waals surface area contributed by atoms with Crippen LogP contribution in [0.25, 0.3) is 5.57 Å². The number of methoxy groups -OCH3 is 1. The van der Waals surface area contributed by atoms with Crippen LogP contribution in [0.15, 0.2) is 36.2 Å². The predicted molar refractivity (Wildman–Crippen MR) is 104 cm³/mol. The first-order valence-corrected chi connectivity index (χ1v) is 9.06. The van der Waals surface area contributed by atoms with Gasteiger partial charge in [0, 0.05) is 5.57 Å². The zero-order valence-electron chi connectivity index (χ0n) is 17.0. The summed E-state index contributed by atoms with van der Waals surface area (Å²) in [5, 5.41) is 16.4. The Morgan fingerprint density at radius 2 is 1.79 bits per heavy atom. The largest absolute Gasteiger partial charge is 0.525 e. The van der Waals surface area contributed by atoms with Crippen molar-refractivity contribution in [3.63, 3.8) is 0 Å². The molecule has 1 fully saturated rings. The lowest BCUT2D eigenvalue weighted by Crippen LogP contribution is -2.41. The van der Waals surface area contributed by atoms with Crippen molar-refractivity contribution in [3.05, 3.63) is 47.4 Å².